The van der Waals surface area contributed by atoms with E-state index in [2.05, 4.69) is 21.9 Å². The van der Waals surface area contributed by atoms with Crippen molar-refractivity contribution >= 4 is 17.5 Å². The average Bonchev–Trinajstić information content (AvgIpc) is 3.08. The van der Waals surface area contributed by atoms with Gasteiger partial charge in [-0.1, -0.05) is 18.2 Å². The van der Waals surface area contributed by atoms with Crippen molar-refractivity contribution < 1.29 is 0 Å². The van der Waals surface area contributed by atoms with Crippen molar-refractivity contribution in [1.82, 2.24) is 10.9 Å². The Morgan fingerprint density at radius 1 is 1.24 bits per heavy atom. The molecule has 0 bridgehead atoms. The number of hydrogen-bond donors (Lipinski definition) is 3. The summed E-state index contributed by atoms with van der Waals surface area (Å²) in [6.45, 7) is 0. The summed E-state index contributed by atoms with van der Waals surface area (Å²) in [7, 11) is 0. The number of nitrogens with two attached hydrogens (primary N) is 1. The maximum atomic E-state index is 9.36. The Morgan fingerprint density at radius 2 is 2.05 bits per heavy atom. The van der Waals surface area contributed by atoms with E-state index in [4.69, 9.17) is 11.0 Å². The van der Waals surface area contributed by atoms with E-state index in [1.54, 1.807) is 12.3 Å². The van der Waals surface area contributed by atoms with Gasteiger partial charge in [0, 0.05) is 17.4 Å². The minimum atomic E-state index is 0.208. The lowest BCUT2D eigenvalue weighted by Crippen LogP contribution is -2.26. The van der Waals surface area contributed by atoms with Gasteiger partial charge in [-0.3, -0.25) is 15.8 Å². The fourth-order valence-electron chi connectivity index (χ4n) is 2.18. The number of nitrogens with zero attached hydrogens (tertiary/aromatic N) is 3. The van der Waals surface area contributed by atoms with Crippen LogP contribution in [0.1, 0.15) is 5.56 Å². The molecule has 0 amide bonds. The number of hydrazine groups is 1. The molecule has 0 saturated carbocycles. The van der Waals surface area contributed by atoms with E-state index in [9.17, 15) is 5.26 Å². The van der Waals surface area contributed by atoms with Crippen molar-refractivity contribution in [3.63, 3.8) is 0 Å². The lowest BCUT2D eigenvalue weighted by molar-refractivity contribution is 0.739. The summed E-state index contributed by atoms with van der Waals surface area (Å²) in [5.74, 6) is 0.208. The Bertz CT molecular complexity index is 826. The summed E-state index contributed by atoms with van der Waals surface area (Å²) < 4.78 is 0. The molecule has 3 rings (SSSR count). The van der Waals surface area contributed by atoms with Gasteiger partial charge < -0.3 is 5.73 Å². The highest BCUT2D eigenvalue weighted by Gasteiger charge is 2.21. The first-order valence-corrected chi connectivity index (χ1v) is 6.16. The minimum absolute atomic E-state index is 0.208. The number of fused-ring (bicyclic) bond motifs is 1. The van der Waals surface area contributed by atoms with E-state index >= 15 is 0 Å². The number of aliphatic imine (C=N–C) groups is 1. The first kappa shape index (κ1) is 12.5. The molecular formula is C15H10N6. The fraction of sp³-hybridized carbons (Fsp3) is 0. The summed E-state index contributed by atoms with van der Waals surface area (Å²) in [5.41, 5.74) is 14.6. The maximum Gasteiger partial charge on any atom is 0.135 e. The largest absolute Gasteiger partial charge is 0.383 e. The zero-order valence-electron chi connectivity index (χ0n) is 10.9. The number of benzene rings is 1. The Balaban J connectivity index is 2.10. The van der Waals surface area contributed by atoms with E-state index in [1.807, 2.05) is 30.3 Å². The standard InChI is InChI=1S/C15H10N6/c16-6-9(14-12(7-17)15(18)21-20-14)5-10-8-19-13-4-2-1-3-11(10)13/h1-5,8,20-21H,18H2/b10-5+,14-9+. The molecular weight excluding hydrogens is 264 g/mol. The van der Waals surface area contributed by atoms with Crippen LogP contribution >= 0.6 is 0 Å². The first-order chi connectivity index (χ1) is 10.2. The third-order valence-corrected chi connectivity index (χ3v) is 3.20. The number of allylic oxidation sites excluding steroid dienone is 4. The molecule has 1 aromatic rings. The van der Waals surface area contributed by atoms with Crippen molar-refractivity contribution in [2.24, 2.45) is 10.7 Å². The van der Waals surface area contributed by atoms with Crippen LogP contribution in [0.4, 0.5) is 5.69 Å². The second-order valence-corrected chi connectivity index (χ2v) is 4.43. The van der Waals surface area contributed by atoms with Gasteiger partial charge in [0.25, 0.3) is 0 Å². The van der Waals surface area contributed by atoms with Crippen LogP contribution in [-0.2, 0) is 0 Å². The lowest BCUT2D eigenvalue weighted by Gasteiger charge is -2.03. The van der Waals surface area contributed by atoms with E-state index in [-0.39, 0.29) is 11.4 Å². The second kappa shape index (κ2) is 4.87. The normalized spacial score (nSPS) is 19.6. The number of nitrogens with one attached hydrogen (secondary N) is 2. The zero-order chi connectivity index (χ0) is 14.8. The molecule has 6 heteroatoms. The predicted octanol–water partition coefficient (Wildman–Crippen LogP) is 1.37. The molecule has 0 saturated heterocycles. The monoisotopic (exact) mass is 274 g/mol. The zero-order valence-corrected chi connectivity index (χ0v) is 10.9. The van der Waals surface area contributed by atoms with Crippen LogP contribution in [0.2, 0.25) is 0 Å². The van der Waals surface area contributed by atoms with E-state index < -0.39 is 0 Å². The van der Waals surface area contributed by atoms with Crippen molar-refractivity contribution in [2.75, 3.05) is 0 Å². The predicted molar refractivity (Wildman–Crippen MR) is 78.3 cm³/mol. The Labute approximate surface area is 121 Å². The van der Waals surface area contributed by atoms with Crippen molar-refractivity contribution in [3.05, 3.63) is 58.6 Å². The third kappa shape index (κ3) is 2.01. The molecule has 0 atom stereocenters. The molecule has 0 aliphatic carbocycles. The molecule has 0 unspecified atom stereocenters. The van der Waals surface area contributed by atoms with E-state index in [0.717, 1.165) is 16.8 Å². The SMILES string of the molecule is N#CC1=C(N)NN/C1=C(C#N)\C=C1/C=Nc2ccccc21. The summed E-state index contributed by atoms with van der Waals surface area (Å²) in [6.07, 6.45) is 3.39. The molecule has 2 heterocycles. The molecule has 100 valence electrons. The Morgan fingerprint density at radius 3 is 2.81 bits per heavy atom. The molecule has 4 N–H and O–H groups in total. The van der Waals surface area contributed by atoms with E-state index in [0.29, 0.717) is 11.3 Å². The summed E-state index contributed by atoms with van der Waals surface area (Å²) in [4.78, 5) is 4.29. The topological polar surface area (TPSA) is 110 Å². The minimum Gasteiger partial charge on any atom is -0.383 e. The molecule has 2 aliphatic heterocycles. The van der Waals surface area contributed by atoms with Crippen LogP contribution in [0, 0.1) is 22.7 Å². The van der Waals surface area contributed by atoms with Crippen LogP contribution < -0.4 is 16.6 Å². The average molecular weight is 274 g/mol. The molecule has 1 aromatic carbocycles. The molecule has 2 aliphatic rings. The Hall–Kier alpha value is -3.51. The third-order valence-electron chi connectivity index (χ3n) is 3.20. The molecule has 0 aromatic heterocycles. The van der Waals surface area contributed by atoms with Gasteiger partial charge >= 0.3 is 0 Å². The van der Waals surface area contributed by atoms with Crippen molar-refractivity contribution in [1.29, 1.82) is 10.5 Å². The molecule has 6 nitrogen and oxygen atoms in total. The highest BCUT2D eigenvalue weighted by atomic mass is 15.4. The Kier molecular flexibility index (Phi) is 2.91. The summed E-state index contributed by atoms with van der Waals surface area (Å²) in [5, 5.41) is 18.5. The van der Waals surface area contributed by atoms with Gasteiger partial charge in [0.15, 0.2) is 0 Å². The molecule has 0 spiro atoms. The highest BCUT2D eigenvalue weighted by molar-refractivity contribution is 6.17. The van der Waals surface area contributed by atoms with Crippen LogP contribution in [0.25, 0.3) is 5.57 Å². The second-order valence-electron chi connectivity index (χ2n) is 4.43. The van der Waals surface area contributed by atoms with Gasteiger partial charge in [0.05, 0.1) is 17.0 Å². The quantitative estimate of drug-likeness (QED) is 0.670. The van der Waals surface area contributed by atoms with Gasteiger partial charge in [-0.15, -0.1) is 0 Å². The van der Waals surface area contributed by atoms with Gasteiger partial charge in [-0.2, -0.15) is 10.5 Å². The number of nitriles is 2. The van der Waals surface area contributed by atoms with Crippen LogP contribution in [0.15, 0.2) is 58.0 Å². The number of rotatable bonds is 1. The van der Waals surface area contributed by atoms with Crippen molar-refractivity contribution in [3.8, 4) is 12.1 Å². The van der Waals surface area contributed by atoms with Gasteiger partial charge in [-0.25, -0.2) is 0 Å². The highest BCUT2D eigenvalue weighted by Crippen LogP contribution is 2.32. The van der Waals surface area contributed by atoms with E-state index in [1.165, 1.54) is 0 Å². The van der Waals surface area contributed by atoms with Gasteiger partial charge in [-0.05, 0) is 12.1 Å². The number of hydrogen-bond acceptors (Lipinski definition) is 6. The lowest BCUT2D eigenvalue weighted by atomic mass is 10.0. The summed E-state index contributed by atoms with van der Waals surface area (Å²) in [6, 6.07) is 11.7. The van der Waals surface area contributed by atoms with Crippen LogP contribution in [0.5, 0.6) is 0 Å². The van der Waals surface area contributed by atoms with Gasteiger partial charge in [0.1, 0.15) is 23.5 Å². The number of para-hydroxylation sites is 1. The summed E-state index contributed by atoms with van der Waals surface area (Å²) >= 11 is 0. The first-order valence-electron chi connectivity index (χ1n) is 6.16. The van der Waals surface area contributed by atoms with Crippen LogP contribution in [0.3, 0.4) is 0 Å². The fourth-order valence-corrected chi connectivity index (χ4v) is 2.18. The molecule has 21 heavy (non-hydrogen) atoms. The van der Waals surface area contributed by atoms with Crippen molar-refractivity contribution in [2.45, 2.75) is 0 Å². The maximum absolute atomic E-state index is 9.36. The smallest absolute Gasteiger partial charge is 0.135 e. The molecule has 0 radical (unpaired) electrons. The van der Waals surface area contributed by atoms with Gasteiger partial charge in [0.2, 0.25) is 0 Å². The van der Waals surface area contributed by atoms with Crippen LogP contribution in [-0.4, -0.2) is 6.21 Å². The molecule has 0 fully saturated rings.